The van der Waals surface area contributed by atoms with Gasteiger partial charge in [0.05, 0.1) is 20.6 Å². The molecule has 0 saturated heterocycles. The maximum absolute atomic E-state index is 6.99. The second kappa shape index (κ2) is 8.69. The van der Waals surface area contributed by atoms with Crippen LogP contribution in [0.4, 0.5) is 0 Å². The highest BCUT2D eigenvalue weighted by atomic mass is 31.2. The fourth-order valence-electron chi connectivity index (χ4n) is 2.11. The monoisotopic (exact) mass is 413 g/mol. The van der Waals surface area contributed by atoms with Crippen LogP contribution in [-0.2, 0) is 0 Å². The fourth-order valence-corrected chi connectivity index (χ4v) is 12.9. The lowest BCUT2D eigenvalue weighted by atomic mass is 10.2. The van der Waals surface area contributed by atoms with Crippen LogP contribution in [0.15, 0.2) is 0 Å². The van der Waals surface area contributed by atoms with Crippen LogP contribution in [0.1, 0.15) is 83.1 Å². The van der Waals surface area contributed by atoms with Gasteiger partial charge in [0.1, 0.15) is 5.90 Å². The molecule has 0 aliphatic heterocycles. The van der Waals surface area contributed by atoms with Gasteiger partial charge in [-0.2, -0.15) is 0 Å². The maximum Gasteiger partial charge on any atom is 0.370 e. The van der Waals surface area contributed by atoms with Gasteiger partial charge in [-0.3, -0.25) is 0 Å². The molecule has 0 aromatic heterocycles. The summed E-state index contributed by atoms with van der Waals surface area (Å²) in [5.74, 6) is 1.04. The van der Waals surface area contributed by atoms with Gasteiger partial charge >= 0.3 is 22.7 Å². The zero-order valence-electron chi connectivity index (χ0n) is 20.8. The highest BCUT2D eigenvalue weighted by molar-refractivity contribution is 8.12. The third-order valence-corrected chi connectivity index (χ3v) is 21.6. The second-order valence-electron chi connectivity index (χ2n) is 12.5. The van der Waals surface area contributed by atoms with Crippen LogP contribution < -0.4 is 0 Å². The molecule has 1 atom stereocenters. The Kier molecular flexibility index (Phi) is 9.92. The molecule has 0 aromatic rings. The lowest BCUT2D eigenvalue weighted by molar-refractivity contribution is 0.701. The van der Waals surface area contributed by atoms with Crippen molar-refractivity contribution in [1.82, 2.24) is 0 Å². The molecular weight excluding hydrogens is 366 g/mol. The maximum atomic E-state index is 6.99. The summed E-state index contributed by atoms with van der Waals surface area (Å²) >= 11 is 0. The van der Waals surface area contributed by atoms with Crippen molar-refractivity contribution >= 4 is 44.1 Å². The van der Waals surface area contributed by atoms with Gasteiger partial charge in [-0.05, 0) is 97.4 Å². The van der Waals surface area contributed by atoms with E-state index < -0.39 is 21.4 Å². The van der Waals surface area contributed by atoms with Crippen molar-refractivity contribution in [2.24, 2.45) is 0 Å². The normalized spacial score (nSPS) is 17.2. The summed E-state index contributed by atoms with van der Waals surface area (Å²) in [5.41, 5.74) is 0. The Morgan fingerprint density at radius 1 is 0.500 bits per heavy atom. The van der Waals surface area contributed by atoms with Crippen LogP contribution in [0.5, 0.6) is 0 Å². The average Bonchev–Trinajstić information content (AvgIpc) is 2.21. The zero-order valence-corrected chi connectivity index (χ0v) is 23.5. The van der Waals surface area contributed by atoms with Crippen molar-refractivity contribution in [3.63, 3.8) is 0 Å². The molecule has 0 aliphatic carbocycles. The number of hydrogen-bond acceptors (Lipinski definition) is 0. The van der Waals surface area contributed by atoms with Gasteiger partial charge in [-0.15, -0.1) is 0 Å². The molecule has 0 amide bonds. The minimum atomic E-state index is -1.63. The quantitative estimate of drug-likeness (QED) is 0.329. The number of rotatable bonds is 2. The third kappa shape index (κ3) is 8.08. The molecule has 6 heteroatoms. The molecule has 0 nitrogen and oxygen atoms in total. The second-order valence-corrected chi connectivity index (χ2v) is 26.4. The third-order valence-electron chi connectivity index (χ3n) is 6.17. The van der Waals surface area contributed by atoms with Gasteiger partial charge in [0, 0.05) is 27.1 Å². The predicted molar refractivity (Wildman–Crippen MR) is 140 cm³/mol. The van der Waals surface area contributed by atoms with Crippen LogP contribution >= 0.6 is 21.4 Å². The van der Waals surface area contributed by atoms with Crippen molar-refractivity contribution in [1.29, 1.82) is 0 Å². The van der Waals surface area contributed by atoms with Crippen LogP contribution in [0.25, 0.3) is 0 Å². The molecule has 0 aliphatic rings. The van der Waals surface area contributed by atoms with E-state index in [1.807, 2.05) is 0 Å². The van der Waals surface area contributed by atoms with Gasteiger partial charge in [0.25, 0.3) is 0 Å². The van der Waals surface area contributed by atoms with E-state index in [4.69, 9.17) is 22.7 Å². The molecule has 0 fully saturated rings. The molecule has 0 saturated carbocycles. The molecule has 0 spiro atoms. The summed E-state index contributed by atoms with van der Waals surface area (Å²) in [6, 6.07) is 0. The Morgan fingerprint density at radius 3 is 0.846 bits per heavy atom. The standard InChI is InChI=1S/C14H32B2P2.C6H15BP/c1-12(2,3)17(10,15)11-18(16,13(4,5)6)14(7,8)9;1-6(2,3)8(4,5)7/h11H2,1-10H3;1-5H3/q+2;+1. The van der Waals surface area contributed by atoms with E-state index in [-0.39, 0.29) is 15.5 Å². The molecule has 0 aromatic carbocycles. The molecular formula is C20H47B3P3+3. The summed E-state index contributed by atoms with van der Waals surface area (Å²) in [7, 11) is 15.4. The summed E-state index contributed by atoms with van der Waals surface area (Å²) in [5, 5.41) is 0.801. The minimum Gasteiger partial charge on any atom is -0.0410 e. The lowest BCUT2D eigenvalue weighted by Gasteiger charge is -2.48. The zero-order chi connectivity index (χ0) is 22.2. The minimum absolute atomic E-state index is 0.150. The Morgan fingerprint density at radius 2 is 0.731 bits per heavy atom. The number of hydrogen-bond donors (Lipinski definition) is 0. The van der Waals surface area contributed by atoms with Crippen LogP contribution in [0, 0.1) is 0 Å². The molecule has 1 unspecified atom stereocenters. The van der Waals surface area contributed by atoms with E-state index in [0.717, 1.165) is 5.90 Å². The van der Waals surface area contributed by atoms with Crippen molar-refractivity contribution in [3.8, 4) is 0 Å². The Hall–Kier alpha value is 1.48. The van der Waals surface area contributed by atoms with Crippen molar-refractivity contribution in [2.45, 2.75) is 104 Å². The van der Waals surface area contributed by atoms with E-state index in [0.29, 0.717) is 5.16 Å². The molecule has 26 heavy (non-hydrogen) atoms. The summed E-state index contributed by atoms with van der Waals surface area (Å²) < 4.78 is 0. The summed E-state index contributed by atoms with van der Waals surface area (Å²) in [6.07, 6.45) is 0. The molecule has 0 N–H and O–H groups in total. The van der Waals surface area contributed by atoms with Gasteiger partial charge in [-0.1, -0.05) is 0 Å². The molecule has 0 bridgehead atoms. The van der Waals surface area contributed by atoms with Crippen molar-refractivity contribution in [2.75, 3.05) is 25.9 Å². The summed E-state index contributed by atoms with van der Waals surface area (Å²) in [6.45, 7) is 33.7. The van der Waals surface area contributed by atoms with Crippen LogP contribution in [0.2, 0.25) is 0 Å². The topological polar surface area (TPSA) is 0 Å². The molecule has 0 rings (SSSR count). The average molecular weight is 413 g/mol. The Balaban J connectivity index is 0. The fraction of sp³-hybridized carbons (Fsp3) is 1.00. The molecule has 6 radical (unpaired) electrons. The highest BCUT2D eigenvalue weighted by Gasteiger charge is 2.60. The largest absolute Gasteiger partial charge is 0.370 e. The van der Waals surface area contributed by atoms with E-state index in [1.54, 1.807) is 0 Å². The van der Waals surface area contributed by atoms with Gasteiger partial charge in [0.15, 0.2) is 0 Å². The van der Waals surface area contributed by atoms with Crippen LogP contribution in [0.3, 0.4) is 0 Å². The van der Waals surface area contributed by atoms with E-state index >= 15 is 0 Å². The van der Waals surface area contributed by atoms with Crippen molar-refractivity contribution in [3.05, 3.63) is 0 Å². The Bertz CT molecular complexity index is 413. The first-order valence-corrected chi connectivity index (χ1v) is 16.9. The lowest BCUT2D eigenvalue weighted by Crippen LogP contribution is -2.38. The van der Waals surface area contributed by atoms with E-state index in [1.165, 1.54) is 0 Å². The van der Waals surface area contributed by atoms with E-state index in [2.05, 4.69) is 103 Å². The molecule has 0 heterocycles. The highest BCUT2D eigenvalue weighted by Crippen LogP contribution is 2.82. The van der Waals surface area contributed by atoms with Gasteiger partial charge < -0.3 is 0 Å². The van der Waals surface area contributed by atoms with E-state index in [9.17, 15) is 0 Å². The van der Waals surface area contributed by atoms with Gasteiger partial charge in [-0.25, -0.2) is 0 Å². The predicted octanol–water partition coefficient (Wildman–Crippen LogP) is 7.32. The first-order valence-electron chi connectivity index (χ1n) is 9.64. The first kappa shape index (κ1) is 29.7. The SMILES string of the molecule is [B][P+](C)(C)C(C)(C)C.[B][P+](C)(C[P+]([B])(C(C)(C)C)C(C)(C)C)C(C)(C)C. The van der Waals surface area contributed by atoms with Crippen LogP contribution in [-0.4, -0.2) is 69.2 Å². The Labute approximate surface area is 173 Å². The summed E-state index contributed by atoms with van der Waals surface area (Å²) in [4.78, 5) is 0. The van der Waals surface area contributed by atoms with Crippen molar-refractivity contribution < 1.29 is 0 Å². The first-order chi connectivity index (χ1) is 10.7. The molecule has 148 valence electrons. The smallest absolute Gasteiger partial charge is 0.0410 e. The van der Waals surface area contributed by atoms with Gasteiger partial charge in [0.2, 0.25) is 0 Å².